The molecule has 2 aliphatic rings. The average Bonchev–Trinajstić information content (AvgIpc) is 3.55. The van der Waals surface area contributed by atoms with E-state index in [1.54, 1.807) is 24.7 Å². The fraction of sp³-hybridized carbons (Fsp3) is 0.360. The van der Waals surface area contributed by atoms with Crippen LogP contribution in [-0.4, -0.2) is 32.6 Å². The molecule has 1 atom stereocenters. The van der Waals surface area contributed by atoms with Gasteiger partial charge in [-0.05, 0) is 73.4 Å². The summed E-state index contributed by atoms with van der Waals surface area (Å²) in [4.78, 5) is 11.0. The molecule has 4 aromatic rings. The lowest BCUT2D eigenvalue weighted by Crippen LogP contribution is -2.36. The fourth-order valence-corrected chi connectivity index (χ4v) is 5.17. The maximum Gasteiger partial charge on any atom is 0.132 e. The second-order valence-corrected chi connectivity index (χ2v) is 8.88. The van der Waals surface area contributed by atoms with Gasteiger partial charge < -0.3 is 14.4 Å². The Morgan fingerprint density at radius 3 is 2.71 bits per heavy atom. The number of imidazole rings is 1. The number of benzene rings is 1. The summed E-state index contributed by atoms with van der Waals surface area (Å²) in [6, 6.07) is 9.08. The standard InChI is InChI=1S/C25H25FN4O/c26-20-5-6-21(24-19(20)2-1-10-28-24)29-11-7-17(8-12-29)25(31)23-18(16-3-4-16)9-13-30-15-27-14-22(23)30/h1-2,5-6,9-10,13-17,25,31H,3-4,7-8,11-12H2/t25-/m0/s1. The molecular formula is C25H25FN4O. The van der Waals surface area contributed by atoms with Gasteiger partial charge in [0, 0.05) is 36.4 Å². The predicted molar refractivity (Wildman–Crippen MR) is 119 cm³/mol. The number of aliphatic hydroxyl groups is 1. The number of aromatic nitrogens is 3. The summed E-state index contributed by atoms with van der Waals surface area (Å²) in [6.07, 6.45) is 11.1. The van der Waals surface area contributed by atoms with Gasteiger partial charge in [0.2, 0.25) is 0 Å². The number of hydrogen-bond acceptors (Lipinski definition) is 4. The second kappa shape index (κ2) is 7.31. The highest BCUT2D eigenvalue weighted by atomic mass is 19.1. The quantitative estimate of drug-likeness (QED) is 0.517. The predicted octanol–water partition coefficient (Wildman–Crippen LogP) is 4.85. The van der Waals surface area contributed by atoms with Gasteiger partial charge in [-0.1, -0.05) is 0 Å². The maximum atomic E-state index is 14.2. The Morgan fingerprint density at radius 1 is 1.06 bits per heavy atom. The van der Waals surface area contributed by atoms with Crippen LogP contribution in [-0.2, 0) is 0 Å². The summed E-state index contributed by atoms with van der Waals surface area (Å²) in [7, 11) is 0. The van der Waals surface area contributed by atoms with Crippen molar-refractivity contribution in [3.8, 4) is 0 Å². The lowest BCUT2D eigenvalue weighted by atomic mass is 9.84. The van der Waals surface area contributed by atoms with Crippen molar-refractivity contribution in [3.05, 3.63) is 72.2 Å². The molecular weight excluding hydrogens is 391 g/mol. The SMILES string of the molecule is O[C@H](c1c(C2CC2)ccn2cncc12)C1CCN(c2ccc(F)c3cccnc23)CC1. The molecule has 1 aliphatic carbocycles. The highest BCUT2D eigenvalue weighted by molar-refractivity contribution is 5.91. The van der Waals surface area contributed by atoms with Crippen molar-refractivity contribution in [3.63, 3.8) is 0 Å². The molecule has 1 aliphatic heterocycles. The van der Waals surface area contributed by atoms with Crippen molar-refractivity contribution in [2.75, 3.05) is 18.0 Å². The Balaban J connectivity index is 1.27. The van der Waals surface area contributed by atoms with E-state index in [2.05, 4.69) is 27.1 Å². The van der Waals surface area contributed by atoms with Crippen LogP contribution < -0.4 is 4.90 Å². The van der Waals surface area contributed by atoms with E-state index in [9.17, 15) is 9.50 Å². The Kier molecular flexibility index (Phi) is 4.42. The van der Waals surface area contributed by atoms with Gasteiger partial charge in [-0.3, -0.25) is 4.98 Å². The number of piperidine rings is 1. The maximum absolute atomic E-state index is 14.2. The zero-order valence-electron chi connectivity index (χ0n) is 17.3. The summed E-state index contributed by atoms with van der Waals surface area (Å²) >= 11 is 0. The Morgan fingerprint density at radius 2 is 1.90 bits per heavy atom. The van der Waals surface area contributed by atoms with E-state index in [0.29, 0.717) is 16.8 Å². The van der Waals surface area contributed by atoms with Crippen molar-refractivity contribution in [2.24, 2.45) is 5.92 Å². The van der Waals surface area contributed by atoms with Crippen molar-refractivity contribution in [2.45, 2.75) is 37.7 Å². The summed E-state index contributed by atoms with van der Waals surface area (Å²) in [5, 5.41) is 12.0. The lowest BCUT2D eigenvalue weighted by Gasteiger charge is -2.36. The van der Waals surface area contributed by atoms with Crippen LogP contribution in [0.2, 0.25) is 0 Å². The molecule has 1 N–H and O–H groups in total. The van der Waals surface area contributed by atoms with Gasteiger partial charge in [-0.2, -0.15) is 0 Å². The molecule has 1 aromatic carbocycles. The van der Waals surface area contributed by atoms with Crippen molar-refractivity contribution < 1.29 is 9.50 Å². The van der Waals surface area contributed by atoms with Gasteiger partial charge in [0.1, 0.15) is 5.82 Å². The first kappa shape index (κ1) is 18.8. The summed E-state index contributed by atoms with van der Waals surface area (Å²) in [5.41, 5.74) is 5.06. The number of fused-ring (bicyclic) bond motifs is 2. The van der Waals surface area contributed by atoms with Crippen LogP contribution in [0.25, 0.3) is 16.4 Å². The van der Waals surface area contributed by atoms with Crippen molar-refractivity contribution in [1.82, 2.24) is 14.4 Å². The van der Waals surface area contributed by atoms with Crippen molar-refractivity contribution >= 4 is 22.1 Å². The molecule has 1 saturated heterocycles. The van der Waals surface area contributed by atoms with Crippen LogP contribution in [0.4, 0.5) is 10.1 Å². The molecule has 0 spiro atoms. The topological polar surface area (TPSA) is 53.7 Å². The molecule has 3 aromatic heterocycles. The third kappa shape index (κ3) is 3.17. The van der Waals surface area contributed by atoms with Gasteiger partial charge in [-0.15, -0.1) is 0 Å². The van der Waals surface area contributed by atoms with Gasteiger partial charge in [0.15, 0.2) is 0 Å². The van der Waals surface area contributed by atoms with E-state index < -0.39 is 6.10 Å². The Labute approximate surface area is 180 Å². The van der Waals surface area contributed by atoms with Crippen LogP contribution in [0.3, 0.4) is 0 Å². The van der Waals surface area contributed by atoms with Crippen LogP contribution in [0, 0.1) is 11.7 Å². The first-order valence-electron chi connectivity index (χ1n) is 11.1. The molecule has 0 amide bonds. The summed E-state index contributed by atoms with van der Waals surface area (Å²) < 4.78 is 16.2. The molecule has 0 radical (unpaired) electrons. The monoisotopic (exact) mass is 416 g/mol. The third-order valence-corrected chi connectivity index (χ3v) is 7.00. The van der Waals surface area contributed by atoms with Gasteiger partial charge >= 0.3 is 0 Å². The van der Waals surface area contributed by atoms with E-state index in [1.165, 1.54) is 24.5 Å². The normalized spacial score (nSPS) is 18.7. The Hall–Kier alpha value is -2.99. The summed E-state index contributed by atoms with van der Waals surface area (Å²) in [6.45, 7) is 1.64. The van der Waals surface area contributed by atoms with E-state index in [4.69, 9.17) is 0 Å². The number of halogens is 1. The number of aliphatic hydroxyl groups excluding tert-OH is 1. The first-order chi connectivity index (χ1) is 15.2. The van der Waals surface area contributed by atoms with Crippen LogP contribution in [0.15, 0.2) is 55.2 Å². The fourth-order valence-electron chi connectivity index (χ4n) is 5.17. The van der Waals surface area contributed by atoms with Crippen LogP contribution in [0.5, 0.6) is 0 Å². The molecule has 158 valence electrons. The van der Waals surface area contributed by atoms with Crippen LogP contribution >= 0.6 is 0 Å². The zero-order valence-corrected chi connectivity index (χ0v) is 17.3. The number of rotatable bonds is 4. The first-order valence-corrected chi connectivity index (χ1v) is 11.1. The van der Waals surface area contributed by atoms with E-state index in [-0.39, 0.29) is 11.7 Å². The minimum Gasteiger partial charge on any atom is -0.388 e. The molecule has 5 nitrogen and oxygen atoms in total. The Bertz CT molecular complexity index is 1260. The summed E-state index contributed by atoms with van der Waals surface area (Å²) in [5.74, 6) is 0.523. The van der Waals surface area contributed by atoms with Gasteiger partial charge in [0.05, 0.1) is 35.3 Å². The highest BCUT2D eigenvalue weighted by Gasteiger charge is 2.34. The molecule has 31 heavy (non-hydrogen) atoms. The smallest absolute Gasteiger partial charge is 0.132 e. The molecule has 1 saturated carbocycles. The molecule has 0 bridgehead atoms. The molecule has 4 heterocycles. The zero-order chi connectivity index (χ0) is 20.9. The lowest BCUT2D eigenvalue weighted by molar-refractivity contribution is 0.0931. The van der Waals surface area contributed by atoms with Crippen LogP contribution in [0.1, 0.15) is 48.8 Å². The second-order valence-electron chi connectivity index (χ2n) is 8.88. The molecule has 6 heteroatoms. The van der Waals surface area contributed by atoms with E-state index in [0.717, 1.165) is 42.7 Å². The molecule has 0 unspecified atom stereocenters. The minimum absolute atomic E-state index is 0.189. The molecule has 2 fully saturated rings. The number of pyridine rings is 2. The minimum atomic E-state index is -0.499. The van der Waals surface area contributed by atoms with E-state index >= 15 is 0 Å². The van der Waals surface area contributed by atoms with E-state index in [1.807, 2.05) is 16.7 Å². The largest absolute Gasteiger partial charge is 0.388 e. The number of hydrogen-bond donors (Lipinski definition) is 1. The van der Waals surface area contributed by atoms with Gasteiger partial charge in [-0.25, -0.2) is 9.37 Å². The third-order valence-electron chi connectivity index (χ3n) is 7.00. The number of nitrogens with zero attached hydrogens (tertiary/aromatic N) is 4. The number of anilines is 1. The molecule has 6 rings (SSSR count). The average molecular weight is 417 g/mol. The highest BCUT2D eigenvalue weighted by Crippen LogP contribution is 2.46. The van der Waals surface area contributed by atoms with Crippen molar-refractivity contribution in [1.29, 1.82) is 0 Å². The van der Waals surface area contributed by atoms with Gasteiger partial charge in [0.25, 0.3) is 0 Å².